The highest BCUT2D eigenvalue weighted by Gasteiger charge is 2.23. The lowest BCUT2D eigenvalue weighted by atomic mass is 9.98. The maximum atomic E-state index is 9.84. The fourth-order valence-corrected chi connectivity index (χ4v) is 8.90. The van der Waals surface area contributed by atoms with E-state index in [1.54, 1.807) is 24.9 Å². The Bertz CT molecular complexity index is 2510. The van der Waals surface area contributed by atoms with E-state index >= 15 is 0 Å². The van der Waals surface area contributed by atoms with Crippen molar-refractivity contribution >= 4 is 67.1 Å². The first-order chi connectivity index (χ1) is 22.2. The largest absolute Gasteiger partial charge is 0.508 e. The average Bonchev–Trinajstić information content (AvgIpc) is 3.09. The number of benzene rings is 6. The molecule has 4 heterocycles. The van der Waals surface area contributed by atoms with E-state index in [2.05, 4.69) is 78.9 Å². The van der Waals surface area contributed by atoms with Crippen LogP contribution < -0.4 is 4.74 Å². The molecule has 214 valence electrons. The van der Waals surface area contributed by atoms with Crippen LogP contribution in [0.1, 0.15) is 0 Å². The first-order valence-corrected chi connectivity index (χ1v) is 16.3. The third-order valence-electron chi connectivity index (χ3n) is 8.47. The monoisotopic (exact) mass is 616 g/mol. The summed E-state index contributed by atoms with van der Waals surface area (Å²) in [5.41, 5.74) is 8.84. The molecule has 2 aliphatic heterocycles. The zero-order valence-corrected chi connectivity index (χ0v) is 25.7. The highest BCUT2D eigenvalue weighted by molar-refractivity contribution is 8.00. The second-order valence-corrected chi connectivity index (χ2v) is 13.2. The van der Waals surface area contributed by atoms with Crippen LogP contribution in [0, 0.1) is 0 Å². The number of hydrogen-bond acceptors (Lipinski definition) is 6. The van der Waals surface area contributed by atoms with Gasteiger partial charge in [0.2, 0.25) is 0 Å². The van der Waals surface area contributed by atoms with E-state index < -0.39 is 0 Å². The molecule has 10 rings (SSSR count). The Morgan fingerprint density at radius 1 is 0.511 bits per heavy atom. The van der Waals surface area contributed by atoms with Crippen molar-refractivity contribution in [2.45, 2.75) is 19.6 Å². The Morgan fingerprint density at radius 3 is 1.60 bits per heavy atom. The van der Waals surface area contributed by atoms with Gasteiger partial charge in [0.25, 0.3) is 0 Å². The van der Waals surface area contributed by atoms with Crippen molar-refractivity contribution in [2.24, 2.45) is 0 Å². The molecule has 0 bridgehead atoms. The van der Waals surface area contributed by atoms with Gasteiger partial charge in [0.15, 0.2) is 0 Å². The summed E-state index contributed by atoms with van der Waals surface area (Å²) in [5.74, 6) is 1.19. The van der Waals surface area contributed by atoms with Crippen LogP contribution in [0.5, 0.6) is 11.5 Å². The Morgan fingerprint density at radius 2 is 1.02 bits per heavy atom. The summed E-state index contributed by atoms with van der Waals surface area (Å²) in [5, 5.41) is 14.7. The predicted molar refractivity (Wildman–Crippen MR) is 186 cm³/mol. The number of para-hydroxylation sites is 2. The van der Waals surface area contributed by atoms with Crippen LogP contribution in [0.25, 0.3) is 65.9 Å². The van der Waals surface area contributed by atoms with E-state index in [0.29, 0.717) is 5.75 Å². The number of pyridine rings is 2. The molecule has 0 saturated heterocycles. The van der Waals surface area contributed by atoms with Gasteiger partial charge in [-0.1, -0.05) is 84.2 Å². The van der Waals surface area contributed by atoms with Crippen molar-refractivity contribution in [3.05, 3.63) is 121 Å². The van der Waals surface area contributed by atoms with E-state index in [0.717, 1.165) is 38.9 Å². The van der Waals surface area contributed by atoms with E-state index in [1.165, 1.54) is 52.3 Å². The number of phenols is 1. The number of aromatic nitrogens is 2. The van der Waals surface area contributed by atoms with Crippen LogP contribution in [0.2, 0.25) is 0 Å². The smallest absolute Gasteiger partial charge is 0.119 e. The van der Waals surface area contributed by atoms with Crippen molar-refractivity contribution in [1.29, 1.82) is 0 Å². The molecule has 0 aliphatic carbocycles. The molecule has 0 amide bonds. The summed E-state index contributed by atoms with van der Waals surface area (Å²) in [6.07, 6.45) is 0. The maximum absolute atomic E-state index is 9.84. The minimum atomic E-state index is 0.300. The number of hydrogen-bond donors (Lipinski definition) is 1. The second kappa shape index (κ2) is 10.3. The first kappa shape index (κ1) is 26.4. The summed E-state index contributed by atoms with van der Waals surface area (Å²) in [6.45, 7) is 0. The second-order valence-electron chi connectivity index (χ2n) is 11.1. The molecule has 0 fully saturated rings. The Hall–Kier alpha value is -5.04. The average molecular weight is 617 g/mol. The van der Waals surface area contributed by atoms with Gasteiger partial charge in [-0.3, -0.25) is 0 Å². The molecule has 8 aromatic rings. The third-order valence-corrected chi connectivity index (χ3v) is 10.9. The minimum Gasteiger partial charge on any atom is -0.508 e. The van der Waals surface area contributed by atoms with E-state index in [-0.39, 0.29) is 0 Å². The number of rotatable bonds is 1. The van der Waals surface area contributed by atoms with Crippen LogP contribution in [-0.2, 0) is 0 Å². The zero-order chi connectivity index (χ0) is 30.1. The molecule has 1 N–H and O–H groups in total. The summed E-state index contributed by atoms with van der Waals surface area (Å²) >= 11 is 3.59. The molecular formula is C39H24N2O2S2. The summed E-state index contributed by atoms with van der Waals surface area (Å²) < 4.78 is 5.41. The number of fused-ring (bicyclic) bond motifs is 8. The van der Waals surface area contributed by atoms with Gasteiger partial charge < -0.3 is 9.84 Å². The highest BCUT2D eigenvalue weighted by Crippen LogP contribution is 2.52. The van der Waals surface area contributed by atoms with E-state index in [1.807, 2.05) is 48.2 Å². The number of nitrogens with zero attached hydrogens (tertiary/aromatic N) is 2. The van der Waals surface area contributed by atoms with Gasteiger partial charge in [0.1, 0.15) is 11.5 Å². The van der Waals surface area contributed by atoms with Crippen molar-refractivity contribution < 1.29 is 9.84 Å². The SMILES string of the molecule is COc1ccc2c(c1)-c1cccc3nc4ccccc4c(c13)S2.Oc1ccc2c(c1)-c1cccc3nc4ccccc4c(c13)S2. The fourth-order valence-electron chi connectivity index (χ4n) is 6.43. The lowest BCUT2D eigenvalue weighted by molar-refractivity contribution is 0.414. The van der Waals surface area contributed by atoms with Crippen LogP contribution in [0.4, 0.5) is 0 Å². The van der Waals surface area contributed by atoms with Crippen LogP contribution in [0.15, 0.2) is 141 Å². The molecule has 45 heavy (non-hydrogen) atoms. The minimum absolute atomic E-state index is 0.300. The molecule has 2 aromatic heterocycles. The van der Waals surface area contributed by atoms with Gasteiger partial charge in [0, 0.05) is 41.1 Å². The van der Waals surface area contributed by atoms with Gasteiger partial charge in [0.05, 0.1) is 29.2 Å². The Balaban J connectivity index is 0.000000125. The van der Waals surface area contributed by atoms with Crippen molar-refractivity contribution in [2.75, 3.05) is 7.11 Å². The van der Waals surface area contributed by atoms with Gasteiger partial charge in [-0.25, -0.2) is 9.97 Å². The Kier molecular flexibility index (Phi) is 6.01. The summed E-state index contributed by atoms with van der Waals surface area (Å²) in [6, 6.07) is 41.1. The summed E-state index contributed by atoms with van der Waals surface area (Å²) in [4.78, 5) is 14.7. The number of phenolic OH excluding ortho intramolecular Hbond substituents is 1. The standard InChI is InChI=1S/C20H13NOS.C19H11NOS/c1-22-12-9-10-18-15(11-12)13-6-4-8-17-19(13)20(23-18)14-5-2-3-7-16(14)21-17;21-11-8-9-17-14(10-11)12-5-3-7-16-18(12)19(22-17)13-4-1-2-6-15(13)20-16/h2-11H,1H3;1-10,21H. The van der Waals surface area contributed by atoms with Crippen molar-refractivity contribution in [3.8, 4) is 33.8 Å². The molecule has 0 spiro atoms. The number of ether oxygens (including phenoxy) is 1. The van der Waals surface area contributed by atoms with E-state index in [4.69, 9.17) is 14.7 Å². The van der Waals surface area contributed by atoms with Crippen molar-refractivity contribution in [1.82, 2.24) is 9.97 Å². The van der Waals surface area contributed by atoms with Gasteiger partial charge in [-0.2, -0.15) is 0 Å². The molecular weight excluding hydrogens is 593 g/mol. The molecule has 0 atom stereocenters. The topological polar surface area (TPSA) is 55.2 Å². The van der Waals surface area contributed by atoms with Gasteiger partial charge in [-0.05, 0) is 82.9 Å². The molecule has 4 nitrogen and oxygen atoms in total. The van der Waals surface area contributed by atoms with E-state index in [9.17, 15) is 5.11 Å². The zero-order valence-electron chi connectivity index (χ0n) is 24.1. The molecule has 6 aromatic carbocycles. The molecule has 6 heteroatoms. The molecule has 2 aliphatic rings. The normalized spacial score (nSPS) is 12.5. The number of methoxy groups -OCH3 is 1. The van der Waals surface area contributed by atoms with Crippen LogP contribution in [0.3, 0.4) is 0 Å². The van der Waals surface area contributed by atoms with Crippen LogP contribution in [-0.4, -0.2) is 22.2 Å². The molecule has 0 unspecified atom stereocenters. The lowest BCUT2D eigenvalue weighted by Crippen LogP contribution is -1.96. The first-order valence-electron chi connectivity index (χ1n) is 14.7. The predicted octanol–water partition coefficient (Wildman–Crippen LogP) is 10.8. The van der Waals surface area contributed by atoms with Crippen LogP contribution >= 0.6 is 23.5 Å². The molecule has 0 radical (unpaired) electrons. The van der Waals surface area contributed by atoms with Gasteiger partial charge >= 0.3 is 0 Å². The lowest BCUT2D eigenvalue weighted by Gasteiger charge is -2.21. The quantitative estimate of drug-likeness (QED) is 0.185. The molecule has 0 saturated carbocycles. The maximum Gasteiger partial charge on any atom is 0.119 e. The fraction of sp³-hybridized carbons (Fsp3) is 0.0256. The van der Waals surface area contributed by atoms with Gasteiger partial charge in [-0.15, -0.1) is 0 Å². The Labute approximate surface area is 267 Å². The summed E-state index contributed by atoms with van der Waals surface area (Å²) in [7, 11) is 1.71. The van der Waals surface area contributed by atoms with Crippen molar-refractivity contribution in [3.63, 3.8) is 0 Å². The number of aromatic hydroxyl groups is 1. The highest BCUT2D eigenvalue weighted by atomic mass is 32.2. The third kappa shape index (κ3) is 4.17.